The van der Waals surface area contributed by atoms with Crippen molar-refractivity contribution in [1.29, 1.82) is 0 Å². The Morgan fingerprint density at radius 1 is 1.41 bits per heavy atom. The Balaban J connectivity index is 2.37. The first kappa shape index (κ1) is 14.9. The summed E-state index contributed by atoms with van der Waals surface area (Å²) >= 11 is 0. The quantitative estimate of drug-likeness (QED) is 0.774. The van der Waals surface area contributed by atoms with Gasteiger partial charge in [-0.2, -0.15) is 0 Å². The summed E-state index contributed by atoms with van der Waals surface area (Å²) in [6.07, 6.45) is 2.52. The zero-order valence-corrected chi connectivity index (χ0v) is 11.7. The molecule has 0 aliphatic carbocycles. The molecule has 1 aliphatic rings. The lowest BCUT2D eigenvalue weighted by atomic mass is 9.93. The van der Waals surface area contributed by atoms with Gasteiger partial charge in [-0.05, 0) is 38.6 Å². The summed E-state index contributed by atoms with van der Waals surface area (Å²) < 4.78 is 23.2. The third-order valence-corrected chi connectivity index (χ3v) is 5.29. The molecule has 1 saturated heterocycles. The van der Waals surface area contributed by atoms with E-state index in [1.807, 2.05) is 13.8 Å². The Labute approximate surface area is 105 Å². The van der Waals surface area contributed by atoms with Crippen molar-refractivity contribution in [3.8, 4) is 0 Å². The summed E-state index contributed by atoms with van der Waals surface area (Å²) in [5.41, 5.74) is 0. The van der Waals surface area contributed by atoms with Gasteiger partial charge in [-0.15, -0.1) is 0 Å². The van der Waals surface area contributed by atoms with Crippen LogP contribution in [0.3, 0.4) is 0 Å². The Kier molecular flexibility index (Phi) is 5.89. The van der Waals surface area contributed by atoms with Crippen LogP contribution in [0.1, 0.15) is 33.1 Å². The van der Waals surface area contributed by atoms with Gasteiger partial charge >= 0.3 is 0 Å². The predicted octanol–water partition coefficient (Wildman–Crippen LogP) is 0.904. The molecule has 0 radical (unpaired) electrons. The number of aliphatic hydroxyl groups is 1. The van der Waals surface area contributed by atoms with Crippen molar-refractivity contribution in [2.45, 2.75) is 39.2 Å². The van der Waals surface area contributed by atoms with Crippen LogP contribution < -0.4 is 0 Å². The molecule has 1 N–H and O–H groups in total. The van der Waals surface area contributed by atoms with Crippen LogP contribution in [0.25, 0.3) is 0 Å². The van der Waals surface area contributed by atoms with E-state index >= 15 is 0 Å². The molecule has 2 atom stereocenters. The summed E-state index contributed by atoms with van der Waals surface area (Å²) in [5.74, 6) is 0.853. The van der Waals surface area contributed by atoms with Crippen molar-refractivity contribution in [3.05, 3.63) is 0 Å². The minimum absolute atomic E-state index is 0.257. The molecule has 1 aliphatic heterocycles. The maximum Gasteiger partial charge on any atom is 0.151 e. The molecule has 0 aromatic carbocycles. The molecule has 4 nitrogen and oxygen atoms in total. The second kappa shape index (κ2) is 6.71. The van der Waals surface area contributed by atoms with Gasteiger partial charge in [0, 0.05) is 18.8 Å². The van der Waals surface area contributed by atoms with E-state index in [-0.39, 0.29) is 11.9 Å². The van der Waals surface area contributed by atoms with E-state index in [0.29, 0.717) is 24.6 Å². The van der Waals surface area contributed by atoms with Gasteiger partial charge < -0.3 is 10.0 Å². The monoisotopic (exact) mass is 263 g/mol. The van der Waals surface area contributed by atoms with E-state index in [9.17, 15) is 13.5 Å². The molecule has 0 bridgehead atoms. The van der Waals surface area contributed by atoms with Gasteiger partial charge in [0.2, 0.25) is 0 Å². The van der Waals surface area contributed by atoms with Gasteiger partial charge in [0.05, 0.1) is 11.9 Å². The number of likely N-dealkylation sites (tertiary alicyclic amines) is 1. The van der Waals surface area contributed by atoms with Crippen LogP contribution in [0.4, 0.5) is 0 Å². The van der Waals surface area contributed by atoms with Gasteiger partial charge in [-0.25, -0.2) is 8.42 Å². The van der Waals surface area contributed by atoms with Crippen LogP contribution in [0, 0.1) is 5.92 Å². The van der Waals surface area contributed by atoms with E-state index in [1.165, 1.54) is 0 Å². The minimum Gasteiger partial charge on any atom is -0.393 e. The SMILES string of the molecule is CCCS(=O)(=O)CCN1CCCC(C(C)O)C1. The Bertz CT molecular complexity index is 314. The lowest BCUT2D eigenvalue weighted by molar-refractivity contribution is 0.0654. The number of hydrogen-bond donors (Lipinski definition) is 1. The van der Waals surface area contributed by atoms with Crippen LogP contribution in [-0.4, -0.2) is 55.7 Å². The Hall–Kier alpha value is -0.130. The average Bonchev–Trinajstić information content (AvgIpc) is 2.27. The minimum atomic E-state index is -2.87. The zero-order valence-electron chi connectivity index (χ0n) is 10.9. The molecule has 2 unspecified atom stereocenters. The highest BCUT2D eigenvalue weighted by molar-refractivity contribution is 7.91. The van der Waals surface area contributed by atoms with E-state index in [1.54, 1.807) is 0 Å². The van der Waals surface area contributed by atoms with Crippen LogP contribution >= 0.6 is 0 Å². The molecule has 0 spiro atoms. The highest BCUT2D eigenvalue weighted by Crippen LogP contribution is 2.19. The molecular formula is C12H25NO3S. The number of piperidine rings is 1. The number of rotatable bonds is 6. The van der Waals surface area contributed by atoms with Crippen LogP contribution in [0.5, 0.6) is 0 Å². The number of hydrogen-bond acceptors (Lipinski definition) is 4. The topological polar surface area (TPSA) is 57.6 Å². The summed E-state index contributed by atoms with van der Waals surface area (Å²) in [7, 11) is -2.87. The summed E-state index contributed by atoms with van der Waals surface area (Å²) in [5, 5.41) is 9.56. The van der Waals surface area contributed by atoms with Crippen molar-refractivity contribution in [2.24, 2.45) is 5.92 Å². The van der Waals surface area contributed by atoms with Crippen molar-refractivity contribution < 1.29 is 13.5 Å². The first-order chi connectivity index (χ1) is 7.94. The van der Waals surface area contributed by atoms with Crippen molar-refractivity contribution in [3.63, 3.8) is 0 Å². The van der Waals surface area contributed by atoms with Crippen molar-refractivity contribution in [1.82, 2.24) is 4.90 Å². The molecule has 1 heterocycles. The third-order valence-electron chi connectivity index (χ3n) is 3.46. The largest absolute Gasteiger partial charge is 0.393 e. The van der Waals surface area contributed by atoms with Gasteiger partial charge in [0.1, 0.15) is 0 Å². The second-order valence-corrected chi connectivity index (χ2v) is 7.40. The molecule has 17 heavy (non-hydrogen) atoms. The fourth-order valence-corrected chi connectivity index (χ4v) is 3.73. The molecule has 0 saturated carbocycles. The second-order valence-electron chi connectivity index (χ2n) is 5.10. The fourth-order valence-electron chi connectivity index (χ4n) is 2.37. The first-order valence-electron chi connectivity index (χ1n) is 6.55. The molecule has 1 rings (SSSR count). The first-order valence-corrected chi connectivity index (χ1v) is 8.37. The van der Waals surface area contributed by atoms with E-state index in [4.69, 9.17) is 0 Å². The predicted molar refractivity (Wildman–Crippen MR) is 69.8 cm³/mol. The smallest absolute Gasteiger partial charge is 0.151 e. The molecule has 0 aromatic rings. The number of aliphatic hydroxyl groups excluding tert-OH is 1. The van der Waals surface area contributed by atoms with Gasteiger partial charge in [-0.3, -0.25) is 0 Å². The lowest BCUT2D eigenvalue weighted by Gasteiger charge is -2.34. The zero-order chi connectivity index (χ0) is 12.9. The molecule has 5 heteroatoms. The summed E-state index contributed by atoms with van der Waals surface area (Å²) in [4.78, 5) is 2.17. The normalized spacial score (nSPS) is 24.8. The van der Waals surface area contributed by atoms with Gasteiger partial charge in [-0.1, -0.05) is 6.92 Å². The van der Waals surface area contributed by atoms with Gasteiger partial charge in [0.15, 0.2) is 9.84 Å². The Morgan fingerprint density at radius 3 is 2.71 bits per heavy atom. The Morgan fingerprint density at radius 2 is 2.12 bits per heavy atom. The van der Waals surface area contributed by atoms with E-state index in [2.05, 4.69) is 4.90 Å². The van der Waals surface area contributed by atoms with Crippen LogP contribution in [0.15, 0.2) is 0 Å². The summed E-state index contributed by atoms with van der Waals surface area (Å²) in [6.45, 7) is 6.12. The molecular weight excluding hydrogens is 238 g/mol. The number of sulfone groups is 1. The lowest BCUT2D eigenvalue weighted by Crippen LogP contribution is -2.41. The highest BCUT2D eigenvalue weighted by Gasteiger charge is 2.24. The highest BCUT2D eigenvalue weighted by atomic mass is 32.2. The van der Waals surface area contributed by atoms with Gasteiger partial charge in [0.25, 0.3) is 0 Å². The molecule has 0 amide bonds. The third kappa shape index (κ3) is 5.36. The summed E-state index contributed by atoms with van der Waals surface area (Å²) in [6, 6.07) is 0. The van der Waals surface area contributed by atoms with E-state index in [0.717, 1.165) is 25.9 Å². The van der Waals surface area contributed by atoms with Crippen molar-refractivity contribution >= 4 is 9.84 Å². The molecule has 0 aromatic heterocycles. The van der Waals surface area contributed by atoms with Crippen LogP contribution in [0.2, 0.25) is 0 Å². The maximum absolute atomic E-state index is 11.6. The average molecular weight is 263 g/mol. The molecule has 102 valence electrons. The molecule has 1 fully saturated rings. The van der Waals surface area contributed by atoms with Crippen LogP contribution in [-0.2, 0) is 9.84 Å². The van der Waals surface area contributed by atoms with Crippen molar-refractivity contribution in [2.75, 3.05) is 31.1 Å². The maximum atomic E-state index is 11.6. The fraction of sp³-hybridized carbons (Fsp3) is 1.00. The van der Waals surface area contributed by atoms with E-state index < -0.39 is 9.84 Å². The standard InChI is InChI=1S/C12H25NO3S/c1-3-8-17(15,16)9-7-13-6-4-5-12(10-13)11(2)14/h11-12,14H,3-10H2,1-2H3. The number of nitrogens with zero attached hydrogens (tertiary/aromatic N) is 1.